The molecular formula is C15H22N4O. The maximum Gasteiger partial charge on any atom is 0.321 e. The fourth-order valence-corrected chi connectivity index (χ4v) is 2.06. The number of nitrogens with one attached hydrogen (secondary N) is 3. The monoisotopic (exact) mass is 274 g/mol. The van der Waals surface area contributed by atoms with Crippen LogP contribution in [0.4, 0.5) is 10.7 Å². The summed E-state index contributed by atoms with van der Waals surface area (Å²) in [4.78, 5) is 19.1. The van der Waals surface area contributed by atoms with E-state index in [-0.39, 0.29) is 12.1 Å². The van der Waals surface area contributed by atoms with Gasteiger partial charge in [-0.15, -0.1) is 0 Å². The van der Waals surface area contributed by atoms with Gasteiger partial charge in [0.25, 0.3) is 0 Å². The summed E-state index contributed by atoms with van der Waals surface area (Å²) in [6.45, 7) is 6.01. The molecule has 0 aliphatic rings. The molecule has 108 valence electrons. The van der Waals surface area contributed by atoms with Crippen molar-refractivity contribution in [3.05, 3.63) is 23.8 Å². The van der Waals surface area contributed by atoms with Gasteiger partial charge in [0.05, 0.1) is 11.0 Å². The molecule has 20 heavy (non-hydrogen) atoms. The number of urea groups is 1. The Kier molecular flexibility index (Phi) is 4.61. The standard InChI is InChI=1S/C15H22N4O/c1-4-5-6-11-7-8-12-13(9-11)18-14(17-12)19-15(20)16-10(2)3/h7-10H,4-6H2,1-3H3,(H3,16,17,18,19,20). The van der Waals surface area contributed by atoms with Crippen LogP contribution in [-0.2, 0) is 6.42 Å². The van der Waals surface area contributed by atoms with E-state index >= 15 is 0 Å². The van der Waals surface area contributed by atoms with Crippen molar-refractivity contribution in [1.29, 1.82) is 0 Å². The number of aromatic nitrogens is 2. The number of nitrogens with zero attached hydrogens (tertiary/aromatic N) is 1. The first kappa shape index (κ1) is 14.4. The van der Waals surface area contributed by atoms with E-state index in [4.69, 9.17) is 0 Å². The van der Waals surface area contributed by atoms with E-state index in [1.807, 2.05) is 19.9 Å². The normalized spacial score (nSPS) is 11.0. The Morgan fingerprint density at radius 2 is 2.20 bits per heavy atom. The van der Waals surface area contributed by atoms with E-state index in [1.165, 1.54) is 18.4 Å². The smallest absolute Gasteiger partial charge is 0.321 e. The molecule has 0 spiro atoms. The van der Waals surface area contributed by atoms with Crippen molar-refractivity contribution in [2.45, 2.75) is 46.1 Å². The molecule has 0 radical (unpaired) electrons. The lowest BCUT2D eigenvalue weighted by Gasteiger charge is -2.07. The summed E-state index contributed by atoms with van der Waals surface area (Å²) in [7, 11) is 0. The van der Waals surface area contributed by atoms with E-state index < -0.39 is 0 Å². The van der Waals surface area contributed by atoms with Gasteiger partial charge in [0.15, 0.2) is 0 Å². The fraction of sp³-hybridized carbons (Fsp3) is 0.467. The number of unbranched alkanes of at least 4 members (excludes halogenated alkanes) is 1. The average Bonchev–Trinajstić information content (AvgIpc) is 2.76. The van der Waals surface area contributed by atoms with Gasteiger partial charge in [-0.2, -0.15) is 0 Å². The van der Waals surface area contributed by atoms with Gasteiger partial charge in [-0.1, -0.05) is 19.4 Å². The Bertz CT molecular complexity index is 589. The lowest BCUT2D eigenvalue weighted by atomic mass is 10.1. The quantitative estimate of drug-likeness (QED) is 0.781. The zero-order valence-corrected chi connectivity index (χ0v) is 12.3. The topological polar surface area (TPSA) is 69.8 Å². The summed E-state index contributed by atoms with van der Waals surface area (Å²) < 4.78 is 0. The van der Waals surface area contributed by atoms with E-state index in [0.29, 0.717) is 5.95 Å². The molecule has 2 aromatic rings. The minimum Gasteiger partial charge on any atom is -0.336 e. The van der Waals surface area contributed by atoms with Gasteiger partial charge in [0.2, 0.25) is 5.95 Å². The maximum absolute atomic E-state index is 11.6. The molecule has 0 atom stereocenters. The van der Waals surface area contributed by atoms with Crippen LogP contribution in [0.5, 0.6) is 0 Å². The highest BCUT2D eigenvalue weighted by Crippen LogP contribution is 2.17. The Morgan fingerprint density at radius 3 is 2.90 bits per heavy atom. The molecule has 2 rings (SSSR count). The zero-order chi connectivity index (χ0) is 14.5. The lowest BCUT2D eigenvalue weighted by Crippen LogP contribution is -2.34. The lowest BCUT2D eigenvalue weighted by molar-refractivity contribution is 0.250. The first-order valence-corrected chi connectivity index (χ1v) is 7.14. The number of hydrogen-bond donors (Lipinski definition) is 3. The van der Waals surface area contributed by atoms with Crippen LogP contribution in [-0.4, -0.2) is 22.0 Å². The largest absolute Gasteiger partial charge is 0.336 e. The van der Waals surface area contributed by atoms with Crippen LogP contribution < -0.4 is 10.6 Å². The first-order chi connectivity index (χ1) is 9.58. The van der Waals surface area contributed by atoms with Crippen LogP contribution in [0, 0.1) is 0 Å². The Balaban J connectivity index is 2.10. The van der Waals surface area contributed by atoms with Crippen molar-refractivity contribution in [1.82, 2.24) is 15.3 Å². The number of hydrogen-bond acceptors (Lipinski definition) is 2. The SMILES string of the molecule is CCCCc1ccc2nc(NC(=O)NC(C)C)[nH]c2c1. The van der Waals surface area contributed by atoms with Crippen LogP contribution in [0.3, 0.4) is 0 Å². The molecule has 5 heteroatoms. The van der Waals surface area contributed by atoms with Crippen LogP contribution in [0.15, 0.2) is 18.2 Å². The number of fused-ring (bicyclic) bond motifs is 1. The van der Waals surface area contributed by atoms with Crippen LogP contribution >= 0.6 is 0 Å². The number of carbonyl (C=O) groups excluding carboxylic acids is 1. The molecule has 0 saturated heterocycles. The van der Waals surface area contributed by atoms with Crippen molar-refractivity contribution in [2.24, 2.45) is 0 Å². The number of anilines is 1. The predicted octanol–water partition coefficient (Wildman–Crippen LogP) is 3.44. The van der Waals surface area contributed by atoms with Crippen molar-refractivity contribution in [2.75, 3.05) is 5.32 Å². The third-order valence-corrected chi connectivity index (χ3v) is 3.02. The molecule has 2 amide bonds. The van der Waals surface area contributed by atoms with Gasteiger partial charge in [0, 0.05) is 6.04 Å². The number of imidazole rings is 1. The van der Waals surface area contributed by atoms with E-state index in [2.05, 4.69) is 39.7 Å². The van der Waals surface area contributed by atoms with E-state index in [9.17, 15) is 4.79 Å². The minimum atomic E-state index is -0.245. The summed E-state index contributed by atoms with van der Waals surface area (Å²) in [6, 6.07) is 6.04. The molecular weight excluding hydrogens is 252 g/mol. The second kappa shape index (κ2) is 6.41. The van der Waals surface area contributed by atoms with Crippen molar-refractivity contribution >= 4 is 23.0 Å². The molecule has 3 N–H and O–H groups in total. The van der Waals surface area contributed by atoms with Gasteiger partial charge in [-0.05, 0) is 44.4 Å². The van der Waals surface area contributed by atoms with Crippen molar-refractivity contribution < 1.29 is 4.79 Å². The number of carbonyl (C=O) groups is 1. The van der Waals surface area contributed by atoms with Gasteiger partial charge >= 0.3 is 6.03 Å². The van der Waals surface area contributed by atoms with Gasteiger partial charge < -0.3 is 10.3 Å². The molecule has 0 aliphatic carbocycles. The summed E-state index contributed by atoms with van der Waals surface area (Å²) in [5, 5.41) is 5.47. The molecule has 0 bridgehead atoms. The number of H-pyrrole nitrogens is 1. The van der Waals surface area contributed by atoms with Crippen molar-refractivity contribution in [3.8, 4) is 0 Å². The van der Waals surface area contributed by atoms with Crippen LogP contribution in [0.1, 0.15) is 39.2 Å². The van der Waals surface area contributed by atoms with Gasteiger partial charge in [-0.25, -0.2) is 9.78 Å². The maximum atomic E-state index is 11.6. The van der Waals surface area contributed by atoms with Crippen LogP contribution in [0.25, 0.3) is 11.0 Å². The van der Waals surface area contributed by atoms with Crippen LogP contribution in [0.2, 0.25) is 0 Å². The Morgan fingerprint density at radius 1 is 1.40 bits per heavy atom. The molecule has 5 nitrogen and oxygen atoms in total. The van der Waals surface area contributed by atoms with E-state index in [1.54, 1.807) is 0 Å². The number of rotatable bonds is 5. The summed E-state index contributed by atoms with van der Waals surface area (Å²) >= 11 is 0. The highest BCUT2D eigenvalue weighted by atomic mass is 16.2. The minimum absolute atomic E-state index is 0.0972. The molecule has 1 aromatic carbocycles. The molecule has 1 heterocycles. The fourth-order valence-electron chi connectivity index (χ4n) is 2.06. The second-order valence-corrected chi connectivity index (χ2v) is 5.29. The molecule has 1 aromatic heterocycles. The second-order valence-electron chi connectivity index (χ2n) is 5.29. The highest BCUT2D eigenvalue weighted by molar-refractivity contribution is 5.90. The molecule has 0 fully saturated rings. The first-order valence-electron chi connectivity index (χ1n) is 7.14. The summed E-state index contributed by atoms with van der Waals surface area (Å²) in [6.07, 6.45) is 3.44. The number of aromatic amines is 1. The third-order valence-electron chi connectivity index (χ3n) is 3.02. The third kappa shape index (κ3) is 3.73. The molecule has 0 unspecified atom stereocenters. The number of amides is 2. The van der Waals surface area contributed by atoms with E-state index in [0.717, 1.165) is 17.5 Å². The molecule has 0 saturated carbocycles. The predicted molar refractivity (Wildman–Crippen MR) is 82.0 cm³/mol. The van der Waals surface area contributed by atoms with Gasteiger partial charge in [0.1, 0.15) is 0 Å². The number of aryl methyl sites for hydroxylation is 1. The Hall–Kier alpha value is -2.04. The average molecular weight is 274 g/mol. The zero-order valence-electron chi connectivity index (χ0n) is 12.3. The number of benzene rings is 1. The highest BCUT2D eigenvalue weighted by Gasteiger charge is 2.08. The summed E-state index contributed by atoms with van der Waals surface area (Å²) in [5.74, 6) is 0.478. The van der Waals surface area contributed by atoms with Crippen molar-refractivity contribution in [3.63, 3.8) is 0 Å². The Labute approximate surface area is 119 Å². The van der Waals surface area contributed by atoms with Gasteiger partial charge in [-0.3, -0.25) is 5.32 Å². The summed E-state index contributed by atoms with van der Waals surface area (Å²) in [5.41, 5.74) is 3.12. The molecule has 0 aliphatic heterocycles.